The van der Waals surface area contributed by atoms with Crippen LogP contribution in [0.5, 0.6) is 5.75 Å². The standard InChI is InChI=1S/C16H20N2O/c1-4-18-16(13-7-5-12(2)6-8-13)14-9-15(19-3)11-17-10-14/h5-11,16,18H,4H2,1-3H3. The summed E-state index contributed by atoms with van der Waals surface area (Å²) in [5.41, 5.74) is 3.62. The summed E-state index contributed by atoms with van der Waals surface area (Å²) < 4.78 is 5.25. The predicted molar refractivity (Wildman–Crippen MR) is 77.5 cm³/mol. The normalized spacial score (nSPS) is 12.2. The molecule has 0 saturated carbocycles. The summed E-state index contributed by atoms with van der Waals surface area (Å²) in [4.78, 5) is 4.24. The van der Waals surface area contributed by atoms with Crippen molar-refractivity contribution in [3.8, 4) is 5.75 Å². The average Bonchev–Trinajstić information content (AvgIpc) is 2.46. The van der Waals surface area contributed by atoms with Crippen molar-refractivity contribution in [2.45, 2.75) is 19.9 Å². The van der Waals surface area contributed by atoms with E-state index in [-0.39, 0.29) is 6.04 Å². The molecule has 3 heteroatoms. The van der Waals surface area contributed by atoms with Crippen LogP contribution in [0.25, 0.3) is 0 Å². The molecule has 0 fully saturated rings. The largest absolute Gasteiger partial charge is 0.495 e. The topological polar surface area (TPSA) is 34.2 Å². The van der Waals surface area contributed by atoms with E-state index in [0.717, 1.165) is 17.9 Å². The van der Waals surface area contributed by atoms with Gasteiger partial charge in [-0.1, -0.05) is 36.8 Å². The minimum atomic E-state index is 0.146. The maximum absolute atomic E-state index is 5.25. The number of methoxy groups -OCH3 is 1. The molecule has 2 aromatic rings. The van der Waals surface area contributed by atoms with Crippen molar-refractivity contribution in [2.75, 3.05) is 13.7 Å². The third-order valence-electron chi connectivity index (χ3n) is 3.12. The molecular weight excluding hydrogens is 236 g/mol. The van der Waals surface area contributed by atoms with Gasteiger partial charge < -0.3 is 10.1 Å². The van der Waals surface area contributed by atoms with Gasteiger partial charge in [-0.3, -0.25) is 4.98 Å². The van der Waals surface area contributed by atoms with Crippen molar-refractivity contribution in [2.24, 2.45) is 0 Å². The summed E-state index contributed by atoms with van der Waals surface area (Å²) in [5, 5.41) is 3.49. The number of rotatable bonds is 5. The summed E-state index contributed by atoms with van der Waals surface area (Å²) in [5.74, 6) is 0.785. The number of aromatic nitrogens is 1. The van der Waals surface area contributed by atoms with E-state index in [1.165, 1.54) is 11.1 Å². The van der Waals surface area contributed by atoms with Gasteiger partial charge in [-0.25, -0.2) is 0 Å². The lowest BCUT2D eigenvalue weighted by Crippen LogP contribution is -2.22. The van der Waals surface area contributed by atoms with E-state index in [1.54, 1.807) is 13.3 Å². The van der Waals surface area contributed by atoms with Crippen LogP contribution in [0.4, 0.5) is 0 Å². The minimum Gasteiger partial charge on any atom is -0.495 e. The van der Waals surface area contributed by atoms with Gasteiger partial charge in [-0.2, -0.15) is 0 Å². The molecule has 0 radical (unpaired) electrons. The van der Waals surface area contributed by atoms with Gasteiger partial charge in [0.1, 0.15) is 5.75 Å². The highest BCUT2D eigenvalue weighted by atomic mass is 16.5. The maximum Gasteiger partial charge on any atom is 0.137 e. The van der Waals surface area contributed by atoms with Crippen molar-refractivity contribution >= 4 is 0 Å². The monoisotopic (exact) mass is 256 g/mol. The van der Waals surface area contributed by atoms with E-state index in [9.17, 15) is 0 Å². The van der Waals surface area contributed by atoms with Crippen LogP contribution in [0, 0.1) is 6.92 Å². The second-order valence-corrected chi connectivity index (χ2v) is 4.56. The number of nitrogens with one attached hydrogen (secondary N) is 1. The van der Waals surface area contributed by atoms with Crippen molar-refractivity contribution in [3.63, 3.8) is 0 Å². The molecule has 1 aromatic carbocycles. The van der Waals surface area contributed by atoms with Crippen LogP contribution < -0.4 is 10.1 Å². The van der Waals surface area contributed by atoms with E-state index in [2.05, 4.69) is 48.4 Å². The fraction of sp³-hybridized carbons (Fsp3) is 0.312. The highest BCUT2D eigenvalue weighted by Gasteiger charge is 2.13. The van der Waals surface area contributed by atoms with Gasteiger partial charge in [-0.15, -0.1) is 0 Å². The molecule has 1 aromatic heterocycles. The van der Waals surface area contributed by atoms with E-state index < -0.39 is 0 Å². The summed E-state index contributed by atoms with van der Waals surface area (Å²) >= 11 is 0. The molecule has 1 N–H and O–H groups in total. The van der Waals surface area contributed by atoms with Crippen molar-refractivity contribution in [3.05, 3.63) is 59.4 Å². The first-order chi connectivity index (χ1) is 9.24. The van der Waals surface area contributed by atoms with Gasteiger partial charge in [-0.05, 0) is 30.7 Å². The first-order valence-electron chi connectivity index (χ1n) is 6.53. The number of hydrogen-bond acceptors (Lipinski definition) is 3. The molecule has 100 valence electrons. The predicted octanol–water partition coefficient (Wildman–Crippen LogP) is 3.10. The molecule has 1 atom stereocenters. The van der Waals surface area contributed by atoms with E-state index >= 15 is 0 Å². The zero-order valence-electron chi connectivity index (χ0n) is 11.7. The number of benzene rings is 1. The molecule has 19 heavy (non-hydrogen) atoms. The smallest absolute Gasteiger partial charge is 0.137 e. The van der Waals surface area contributed by atoms with Crippen LogP contribution in [0.15, 0.2) is 42.7 Å². The molecule has 1 unspecified atom stereocenters. The second kappa shape index (κ2) is 6.34. The van der Waals surface area contributed by atoms with Gasteiger partial charge >= 0.3 is 0 Å². The van der Waals surface area contributed by atoms with E-state index in [1.807, 2.05) is 12.3 Å². The van der Waals surface area contributed by atoms with Gasteiger partial charge in [0.2, 0.25) is 0 Å². The van der Waals surface area contributed by atoms with Crippen LogP contribution in [0.3, 0.4) is 0 Å². The lowest BCUT2D eigenvalue weighted by molar-refractivity contribution is 0.411. The average molecular weight is 256 g/mol. The number of pyridine rings is 1. The minimum absolute atomic E-state index is 0.146. The highest BCUT2D eigenvalue weighted by molar-refractivity contribution is 5.35. The Hall–Kier alpha value is -1.87. The molecule has 0 saturated heterocycles. The first-order valence-corrected chi connectivity index (χ1v) is 6.53. The fourth-order valence-electron chi connectivity index (χ4n) is 2.10. The lowest BCUT2D eigenvalue weighted by atomic mass is 9.99. The summed E-state index contributed by atoms with van der Waals surface area (Å²) in [6.07, 6.45) is 3.61. The molecule has 0 amide bonds. The number of nitrogens with zero attached hydrogens (tertiary/aromatic N) is 1. The Morgan fingerprint density at radius 2 is 1.89 bits per heavy atom. The Balaban J connectivity index is 2.35. The fourth-order valence-corrected chi connectivity index (χ4v) is 2.10. The van der Waals surface area contributed by atoms with Crippen LogP contribution in [-0.2, 0) is 0 Å². The molecule has 0 spiro atoms. The van der Waals surface area contributed by atoms with E-state index in [0.29, 0.717) is 0 Å². The van der Waals surface area contributed by atoms with Gasteiger partial charge in [0, 0.05) is 6.20 Å². The molecule has 0 aliphatic heterocycles. The Morgan fingerprint density at radius 3 is 2.53 bits per heavy atom. The first kappa shape index (κ1) is 13.6. The zero-order valence-corrected chi connectivity index (χ0v) is 11.7. The molecule has 2 rings (SSSR count). The van der Waals surface area contributed by atoms with Crippen LogP contribution in [-0.4, -0.2) is 18.6 Å². The third-order valence-corrected chi connectivity index (χ3v) is 3.12. The zero-order chi connectivity index (χ0) is 13.7. The summed E-state index contributed by atoms with van der Waals surface area (Å²) in [7, 11) is 1.66. The highest BCUT2D eigenvalue weighted by Crippen LogP contribution is 2.24. The summed E-state index contributed by atoms with van der Waals surface area (Å²) in [6.45, 7) is 5.10. The molecule has 3 nitrogen and oxygen atoms in total. The number of hydrogen-bond donors (Lipinski definition) is 1. The second-order valence-electron chi connectivity index (χ2n) is 4.56. The van der Waals surface area contributed by atoms with Gasteiger partial charge in [0.25, 0.3) is 0 Å². The van der Waals surface area contributed by atoms with Gasteiger partial charge in [0.15, 0.2) is 0 Å². The van der Waals surface area contributed by atoms with Crippen molar-refractivity contribution in [1.82, 2.24) is 10.3 Å². The Labute approximate surface area is 114 Å². The number of ether oxygens (including phenoxy) is 1. The number of aryl methyl sites for hydroxylation is 1. The molecular formula is C16H20N2O. The third kappa shape index (κ3) is 3.32. The lowest BCUT2D eigenvalue weighted by Gasteiger charge is -2.19. The van der Waals surface area contributed by atoms with Crippen LogP contribution in [0.1, 0.15) is 29.7 Å². The molecule has 0 aliphatic carbocycles. The molecule has 0 bridgehead atoms. The van der Waals surface area contributed by atoms with Crippen LogP contribution >= 0.6 is 0 Å². The van der Waals surface area contributed by atoms with Crippen molar-refractivity contribution < 1.29 is 4.74 Å². The Kier molecular flexibility index (Phi) is 4.53. The van der Waals surface area contributed by atoms with Crippen LogP contribution in [0.2, 0.25) is 0 Å². The van der Waals surface area contributed by atoms with Crippen molar-refractivity contribution in [1.29, 1.82) is 0 Å². The molecule has 0 aliphatic rings. The van der Waals surface area contributed by atoms with Gasteiger partial charge in [0.05, 0.1) is 19.3 Å². The van der Waals surface area contributed by atoms with E-state index in [4.69, 9.17) is 4.74 Å². The maximum atomic E-state index is 5.25. The molecule has 1 heterocycles. The quantitative estimate of drug-likeness (QED) is 0.892. The Morgan fingerprint density at radius 1 is 1.16 bits per heavy atom. The Bertz CT molecular complexity index is 523. The SMILES string of the molecule is CCNC(c1ccc(C)cc1)c1cncc(OC)c1. The summed E-state index contributed by atoms with van der Waals surface area (Å²) in [6, 6.07) is 10.7.